The van der Waals surface area contributed by atoms with E-state index < -0.39 is 12.0 Å². The fourth-order valence-electron chi connectivity index (χ4n) is 1.32. The number of rotatable bonds is 11. The molecule has 0 radical (unpaired) electrons. The molecule has 0 aliphatic rings. The second-order valence-electron chi connectivity index (χ2n) is 3.67. The van der Waals surface area contributed by atoms with E-state index >= 15 is 0 Å². The number of isocyanates is 2. The molecule has 20 heavy (non-hydrogen) atoms. The Balaban J connectivity index is 3.97. The van der Waals surface area contributed by atoms with Crippen LogP contribution in [0, 0.1) is 11.5 Å². The van der Waals surface area contributed by atoms with E-state index in [-0.39, 0.29) is 13.2 Å². The number of hydrogen-bond acceptors (Lipinski definition) is 8. The van der Waals surface area contributed by atoms with Gasteiger partial charge in [0.15, 0.2) is 6.04 Å². The van der Waals surface area contributed by atoms with Crippen LogP contribution in [-0.2, 0) is 23.9 Å². The molecule has 0 bridgehead atoms. The van der Waals surface area contributed by atoms with Crippen LogP contribution in [0.5, 0.6) is 0 Å². The predicted molar refractivity (Wildman–Crippen MR) is 65.9 cm³/mol. The van der Waals surface area contributed by atoms with Crippen molar-refractivity contribution < 1.29 is 23.9 Å². The number of esters is 1. The summed E-state index contributed by atoms with van der Waals surface area (Å²) in [5, 5.41) is 8.12. The van der Waals surface area contributed by atoms with Crippen molar-refractivity contribution in [2.45, 2.75) is 31.7 Å². The van der Waals surface area contributed by atoms with Crippen LogP contribution in [-0.4, -0.2) is 43.9 Å². The van der Waals surface area contributed by atoms with Crippen LogP contribution in [0.1, 0.15) is 25.7 Å². The first-order chi connectivity index (χ1) is 9.76. The normalized spacial score (nSPS) is 10.3. The van der Waals surface area contributed by atoms with Crippen LogP contribution in [0.4, 0.5) is 0 Å². The molecule has 0 amide bonds. The fraction of sp³-hybridized carbons (Fsp3) is 0.667. The number of unbranched alkanes of at least 4 members (excludes halogenated alkanes) is 1. The Hall–Kier alpha value is -2.48. The number of nitrogens with zero attached hydrogens (tertiary/aromatic N) is 3. The molecule has 0 saturated heterocycles. The molecular weight excluding hydrogens is 266 g/mol. The zero-order valence-corrected chi connectivity index (χ0v) is 10.9. The summed E-state index contributed by atoms with van der Waals surface area (Å²) in [5.74, 6) is -0.621. The maximum absolute atomic E-state index is 11.6. The molecular formula is C12H15N3O5. The summed E-state index contributed by atoms with van der Waals surface area (Å²) in [6.45, 7) is 0.567. The molecule has 0 N–H and O–H groups in total. The van der Waals surface area contributed by atoms with E-state index in [1.807, 2.05) is 0 Å². The van der Waals surface area contributed by atoms with Gasteiger partial charge >= 0.3 is 5.97 Å². The minimum atomic E-state index is -0.899. The van der Waals surface area contributed by atoms with Crippen LogP contribution < -0.4 is 0 Å². The minimum absolute atomic E-state index is 0.0842. The fourth-order valence-corrected chi connectivity index (χ4v) is 1.32. The molecule has 0 aliphatic heterocycles. The van der Waals surface area contributed by atoms with E-state index in [1.165, 1.54) is 18.4 Å². The van der Waals surface area contributed by atoms with E-state index in [4.69, 9.17) is 10.00 Å². The molecule has 8 heteroatoms. The molecule has 0 rings (SSSR count). The summed E-state index contributed by atoms with van der Waals surface area (Å²) in [7, 11) is 0. The van der Waals surface area contributed by atoms with Crippen molar-refractivity contribution >= 4 is 18.1 Å². The quantitative estimate of drug-likeness (QED) is 0.180. The maximum atomic E-state index is 11.6. The Labute approximate surface area is 116 Å². The molecule has 0 aromatic carbocycles. The molecule has 1 atom stereocenters. The Morgan fingerprint density at radius 1 is 1.15 bits per heavy atom. The van der Waals surface area contributed by atoms with Gasteiger partial charge in [-0.25, -0.2) is 19.4 Å². The van der Waals surface area contributed by atoms with Gasteiger partial charge in [-0.2, -0.15) is 10.3 Å². The number of ether oxygens (including phenoxy) is 2. The number of nitriles is 1. The van der Waals surface area contributed by atoms with Crippen molar-refractivity contribution in [1.82, 2.24) is 0 Å². The Morgan fingerprint density at radius 3 is 2.60 bits per heavy atom. The molecule has 0 aromatic heterocycles. The average molecular weight is 281 g/mol. The van der Waals surface area contributed by atoms with Crippen molar-refractivity contribution in [2.24, 2.45) is 9.98 Å². The third-order valence-corrected chi connectivity index (χ3v) is 2.24. The summed E-state index contributed by atoms with van der Waals surface area (Å²) in [5.41, 5.74) is 0. The highest BCUT2D eigenvalue weighted by atomic mass is 16.5. The van der Waals surface area contributed by atoms with Gasteiger partial charge in [-0.3, -0.25) is 0 Å². The largest absolute Gasteiger partial charge is 0.464 e. The van der Waals surface area contributed by atoms with E-state index in [0.29, 0.717) is 32.2 Å². The highest BCUT2D eigenvalue weighted by molar-refractivity contribution is 5.76. The Bertz CT molecular complexity index is 419. The van der Waals surface area contributed by atoms with Gasteiger partial charge in [0.25, 0.3) is 6.26 Å². The topological polar surface area (TPSA) is 118 Å². The molecule has 0 aromatic rings. The third kappa shape index (κ3) is 9.54. The summed E-state index contributed by atoms with van der Waals surface area (Å²) < 4.78 is 9.31. The van der Waals surface area contributed by atoms with Gasteiger partial charge in [0.2, 0.25) is 12.2 Å². The zero-order valence-electron chi connectivity index (χ0n) is 10.9. The van der Waals surface area contributed by atoms with E-state index in [1.54, 1.807) is 0 Å². The van der Waals surface area contributed by atoms with E-state index in [0.717, 1.165) is 0 Å². The first-order valence-electron chi connectivity index (χ1n) is 6.04. The van der Waals surface area contributed by atoms with Crippen LogP contribution in [0.15, 0.2) is 9.98 Å². The number of carbonyl (C=O) groups excluding carboxylic acids is 3. The lowest BCUT2D eigenvalue weighted by molar-refractivity contribution is -0.145. The minimum Gasteiger partial charge on any atom is -0.464 e. The summed E-state index contributed by atoms with van der Waals surface area (Å²) >= 11 is 0. The maximum Gasteiger partial charge on any atom is 0.331 e. The lowest BCUT2D eigenvalue weighted by Crippen LogP contribution is -2.22. The van der Waals surface area contributed by atoms with Crippen molar-refractivity contribution in [2.75, 3.05) is 19.8 Å². The van der Waals surface area contributed by atoms with Crippen LogP contribution in [0.25, 0.3) is 0 Å². The molecule has 8 nitrogen and oxygen atoms in total. The monoisotopic (exact) mass is 281 g/mol. The summed E-state index contributed by atoms with van der Waals surface area (Å²) in [6.07, 6.45) is 6.09. The van der Waals surface area contributed by atoms with Gasteiger partial charge in [-0.1, -0.05) is 0 Å². The lowest BCUT2D eigenvalue weighted by Gasteiger charge is -2.10. The first kappa shape index (κ1) is 17.5. The van der Waals surface area contributed by atoms with Gasteiger partial charge < -0.3 is 9.47 Å². The summed E-state index contributed by atoms with van der Waals surface area (Å²) in [6, 6.07) is -0.899. The first-order valence-corrected chi connectivity index (χ1v) is 6.04. The molecule has 0 fully saturated rings. The second-order valence-corrected chi connectivity index (χ2v) is 3.67. The van der Waals surface area contributed by atoms with E-state index in [9.17, 15) is 14.4 Å². The SMILES string of the molecule is N#COCCCOC(=O)C(CCCCN=C=O)N=C=O. The zero-order chi connectivity index (χ0) is 15.1. The summed E-state index contributed by atoms with van der Waals surface area (Å²) in [4.78, 5) is 38.4. The molecule has 0 spiro atoms. The lowest BCUT2D eigenvalue weighted by atomic mass is 10.1. The van der Waals surface area contributed by atoms with Crippen molar-refractivity contribution in [3.05, 3.63) is 0 Å². The Kier molecular flexibility index (Phi) is 11.4. The van der Waals surface area contributed by atoms with Crippen LogP contribution >= 0.6 is 0 Å². The molecule has 0 aliphatic carbocycles. The molecule has 0 saturated carbocycles. The second kappa shape index (κ2) is 13.0. The highest BCUT2D eigenvalue weighted by Gasteiger charge is 2.18. The molecule has 108 valence electrons. The molecule has 0 heterocycles. The van der Waals surface area contributed by atoms with Gasteiger partial charge in [-0.05, 0) is 19.3 Å². The smallest absolute Gasteiger partial charge is 0.331 e. The average Bonchev–Trinajstić information content (AvgIpc) is 2.45. The Morgan fingerprint density at radius 2 is 1.95 bits per heavy atom. The van der Waals surface area contributed by atoms with Gasteiger partial charge in [-0.15, -0.1) is 0 Å². The van der Waals surface area contributed by atoms with Crippen molar-refractivity contribution in [1.29, 1.82) is 5.26 Å². The van der Waals surface area contributed by atoms with Gasteiger partial charge in [0.1, 0.15) is 6.61 Å². The third-order valence-electron chi connectivity index (χ3n) is 2.24. The highest BCUT2D eigenvalue weighted by Crippen LogP contribution is 2.07. The standard InChI is InChI=1S/C12H15N3O5/c13-8-19-6-3-7-20-12(18)11(15-10-17)4-1-2-5-14-9-16/h11H,1-7H2. The number of hydrogen-bond donors (Lipinski definition) is 0. The number of aliphatic imine (C=N–C) groups is 2. The van der Waals surface area contributed by atoms with Crippen molar-refractivity contribution in [3.63, 3.8) is 0 Å². The van der Waals surface area contributed by atoms with Crippen LogP contribution in [0.2, 0.25) is 0 Å². The number of carbonyl (C=O) groups is 1. The van der Waals surface area contributed by atoms with Crippen LogP contribution in [0.3, 0.4) is 0 Å². The van der Waals surface area contributed by atoms with Crippen molar-refractivity contribution in [3.8, 4) is 6.26 Å². The van der Waals surface area contributed by atoms with E-state index in [2.05, 4.69) is 14.7 Å². The van der Waals surface area contributed by atoms with Gasteiger partial charge in [0, 0.05) is 6.42 Å². The predicted octanol–water partition coefficient (Wildman–Crippen LogP) is 0.628. The van der Waals surface area contributed by atoms with Gasteiger partial charge in [0.05, 0.1) is 13.2 Å². The molecule has 1 unspecified atom stereocenters.